The number of hydrogen-bond acceptors (Lipinski definition) is 4. The standard InChI is InChI=1S/C7H19O4Si4/c1-6-7-15(5,9-12)11-14(3,4)10-13-8-2/h6-7H2,1-5H3. The van der Waals surface area contributed by atoms with Gasteiger partial charge in [0.1, 0.15) is 0 Å². The highest BCUT2D eigenvalue weighted by atomic mass is 28.5. The van der Waals surface area contributed by atoms with E-state index in [1.165, 1.54) is 0 Å². The molecule has 0 N–H and O–H groups in total. The highest BCUT2D eigenvalue weighted by Crippen LogP contribution is 2.20. The van der Waals surface area contributed by atoms with Gasteiger partial charge in [-0.3, -0.25) is 0 Å². The van der Waals surface area contributed by atoms with Gasteiger partial charge in [0.05, 0.1) is 0 Å². The zero-order valence-corrected chi connectivity index (χ0v) is 14.0. The molecule has 0 aromatic carbocycles. The predicted molar refractivity (Wildman–Crippen MR) is 66.0 cm³/mol. The molecule has 0 amide bonds. The van der Waals surface area contributed by atoms with Crippen molar-refractivity contribution in [2.45, 2.75) is 39.0 Å². The van der Waals surface area contributed by atoms with Crippen LogP contribution in [0.5, 0.6) is 0 Å². The third-order valence-electron chi connectivity index (χ3n) is 1.75. The summed E-state index contributed by atoms with van der Waals surface area (Å²) in [6.07, 6.45) is 1.05. The third kappa shape index (κ3) is 6.79. The quantitative estimate of drug-likeness (QED) is 0.631. The van der Waals surface area contributed by atoms with Gasteiger partial charge in [-0.15, -0.1) is 0 Å². The summed E-state index contributed by atoms with van der Waals surface area (Å²) in [5.74, 6) is 0. The Morgan fingerprint density at radius 2 is 1.87 bits per heavy atom. The first kappa shape index (κ1) is 15.7. The highest BCUT2D eigenvalue weighted by Gasteiger charge is 2.38. The van der Waals surface area contributed by atoms with Crippen LogP contribution < -0.4 is 0 Å². The lowest BCUT2D eigenvalue weighted by molar-refractivity contribution is 0.300. The van der Waals surface area contributed by atoms with Gasteiger partial charge in [0.2, 0.25) is 10.5 Å². The summed E-state index contributed by atoms with van der Waals surface area (Å²) in [7, 11) is 0.544. The molecule has 0 aliphatic rings. The van der Waals surface area contributed by atoms with Crippen LogP contribution in [0.4, 0.5) is 0 Å². The van der Waals surface area contributed by atoms with E-state index >= 15 is 0 Å². The first-order valence-electron chi connectivity index (χ1n) is 4.90. The molecule has 0 heterocycles. The average molecular weight is 280 g/mol. The SMILES string of the molecule is CCC[Si](C)(O[Si])O[Si](C)(C)O[Si]OC. The van der Waals surface area contributed by atoms with Gasteiger partial charge in [0.25, 0.3) is 0 Å². The third-order valence-corrected chi connectivity index (χ3v) is 11.0. The van der Waals surface area contributed by atoms with E-state index in [-0.39, 0.29) is 10.0 Å². The zero-order chi connectivity index (χ0) is 11.9. The van der Waals surface area contributed by atoms with E-state index in [2.05, 4.69) is 17.4 Å². The molecule has 0 fully saturated rings. The second-order valence-electron chi connectivity index (χ2n) is 3.88. The Hall–Kier alpha value is 0.708. The van der Waals surface area contributed by atoms with Crippen molar-refractivity contribution in [2.24, 2.45) is 0 Å². The van der Waals surface area contributed by atoms with Crippen molar-refractivity contribution in [3.8, 4) is 0 Å². The molecule has 87 valence electrons. The van der Waals surface area contributed by atoms with Crippen molar-refractivity contribution in [1.82, 2.24) is 0 Å². The molecule has 1 atom stereocenters. The van der Waals surface area contributed by atoms with Crippen LogP contribution in [0.3, 0.4) is 0 Å². The maximum absolute atomic E-state index is 6.03. The van der Waals surface area contributed by atoms with Gasteiger partial charge < -0.3 is 16.8 Å². The molecule has 0 saturated heterocycles. The van der Waals surface area contributed by atoms with Crippen LogP contribution in [0.15, 0.2) is 0 Å². The molecule has 0 bridgehead atoms. The van der Waals surface area contributed by atoms with Gasteiger partial charge in [-0.05, 0) is 25.7 Å². The molecule has 0 aliphatic heterocycles. The molecule has 0 aliphatic carbocycles. The van der Waals surface area contributed by atoms with Gasteiger partial charge in [0.15, 0.2) is 0 Å². The number of rotatable bonds is 8. The van der Waals surface area contributed by atoms with Crippen LogP contribution >= 0.6 is 0 Å². The van der Waals surface area contributed by atoms with Crippen LogP contribution in [-0.2, 0) is 16.8 Å². The van der Waals surface area contributed by atoms with E-state index < -0.39 is 17.1 Å². The van der Waals surface area contributed by atoms with E-state index in [4.69, 9.17) is 16.8 Å². The first-order chi connectivity index (χ1) is 6.89. The summed E-state index contributed by atoms with van der Waals surface area (Å²) < 4.78 is 21.8. The maximum Gasteiger partial charge on any atom is 0.423 e. The predicted octanol–water partition coefficient (Wildman–Crippen LogP) is 1.48. The van der Waals surface area contributed by atoms with Crippen LogP contribution in [0.2, 0.25) is 25.7 Å². The minimum Gasteiger partial charge on any atom is -0.437 e. The van der Waals surface area contributed by atoms with Crippen molar-refractivity contribution < 1.29 is 16.8 Å². The Morgan fingerprint density at radius 3 is 2.27 bits per heavy atom. The van der Waals surface area contributed by atoms with Gasteiger partial charge in [-0.2, -0.15) is 0 Å². The Kier molecular flexibility index (Phi) is 7.45. The fourth-order valence-corrected chi connectivity index (χ4v) is 9.36. The number of hydrogen-bond donors (Lipinski definition) is 0. The van der Waals surface area contributed by atoms with Crippen LogP contribution in [0, 0.1) is 0 Å². The molecule has 1 unspecified atom stereocenters. The van der Waals surface area contributed by atoms with Gasteiger partial charge >= 0.3 is 27.1 Å². The van der Waals surface area contributed by atoms with Crippen LogP contribution in [0.25, 0.3) is 0 Å². The van der Waals surface area contributed by atoms with Crippen molar-refractivity contribution in [1.29, 1.82) is 0 Å². The zero-order valence-electron chi connectivity index (χ0n) is 10.0. The average Bonchev–Trinajstić information content (AvgIpc) is 2.14. The molecule has 0 saturated carbocycles. The summed E-state index contributed by atoms with van der Waals surface area (Å²) >= 11 is 0. The monoisotopic (exact) mass is 279 g/mol. The Balaban J connectivity index is 4.25. The molecule has 8 heteroatoms. The Bertz CT molecular complexity index is 180. The normalized spacial score (nSPS) is 16.4. The molecule has 15 heavy (non-hydrogen) atoms. The van der Waals surface area contributed by atoms with E-state index in [0.717, 1.165) is 12.5 Å². The molecule has 4 nitrogen and oxygen atoms in total. The second kappa shape index (κ2) is 7.12. The summed E-state index contributed by atoms with van der Waals surface area (Å²) in [6, 6.07) is 0.951. The highest BCUT2D eigenvalue weighted by molar-refractivity contribution is 6.82. The molecular formula is C7H19O4Si4. The molecule has 0 aromatic heterocycles. The summed E-state index contributed by atoms with van der Waals surface area (Å²) in [4.78, 5) is 0. The molecule has 5 radical (unpaired) electrons. The van der Waals surface area contributed by atoms with Crippen molar-refractivity contribution in [2.75, 3.05) is 7.11 Å². The fourth-order valence-electron chi connectivity index (χ4n) is 1.26. The summed E-state index contributed by atoms with van der Waals surface area (Å²) in [5.41, 5.74) is 0. The topological polar surface area (TPSA) is 36.9 Å². The summed E-state index contributed by atoms with van der Waals surface area (Å²) in [6.45, 7) is 8.17. The van der Waals surface area contributed by atoms with Crippen molar-refractivity contribution >= 4 is 37.6 Å². The van der Waals surface area contributed by atoms with Crippen molar-refractivity contribution in [3.63, 3.8) is 0 Å². The van der Waals surface area contributed by atoms with Gasteiger partial charge in [-0.1, -0.05) is 13.3 Å². The van der Waals surface area contributed by atoms with Gasteiger partial charge in [0, 0.05) is 7.11 Å². The maximum atomic E-state index is 6.03. The van der Waals surface area contributed by atoms with E-state index in [0.29, 0.717) is 0 Å². The lowest BCUT2D eigenvalue weighted by Gasteiger charge is -2.33. The lowest BCUT2D eigenvalue weighted by Crippen LogP contribution is -2.50. The summed E-state index contributed by atoms with van der Waals surface area (Å²) in [5, 5.41) is 0. The van der Waals surface area contributed by atoms with Gasteiger partial charge in [-0.25, -0.2) is 0 Å². The lowest BCUT2D eigenvalue weighted by atomic mass is 10.6. The van der Waals surface area contributed by atoms with Crippen molar-refractivity contribution in [3.05, 3.63) is 0 Å². The minimum atomic E-state index is -2.12. The van der Waals surface area contributed by atoms with Crippen LogP contribution in [0.1, 0.15) is 13.3 Å². The molecule has 0 spiro atoms. The van der Waals surface area contributed by atoms with E-state index in [1.54, 1.807) is 7.11 Å². The molecule has 0 rings (SSSR count). The smallest absolute Gasteiger partial charge is 0.423 e. The van der Waals surface area contributed by atoms with E-state index in [1.807, 2.05) is 19.6 Å². The van der Waals surface area contributed by atoms with E-state index in [9.17, 15) is 0 Å². The molecular weight excluding hydrogens is 260 g/mol. The fraction of sp³-hybridized carbons (Fsp3) is 1.00. The Labute approximate surface area is 101 Å². The second-order valence-corrected chi connectivity index (χ2v) is 12.5. The molecule has 0 aromatic rings. The van der Waals surface area contributed by atoms with Crippen LogP contribution in [-0.4, -0.2) is 44.7 Å². The largest absolute Gasteiger partial charge is 0.437 e. The Morgan fingerprint density at radius 1 is 1.27 bits per heavy atom. The minimum absolute atomic E-state index is 0.0432. The first-order valence-corrected chi connectivity index (χ1v) is 11.5.